The molecule has 1 aliphatic rings. The van der Waals surface area contributed by atoms with E-state index in [1.54, 1.807) is 0 Å². The number of furan rings is 1. The largest absolute Gasteiger partial charge is 0.464 e. The summed E-state index contributed by atoms with van der Waals surface area (Å²) in [6.45, 7) is 5.69. The first-order valence-corrected chi connectivity index (χ1v) is 6.68. The van der Waals surface area contributed by atoms with Gasteiger partial charge in [-0.3, -0.25) is 0 Å². The second kappa shape index (κ2) is 5.69. The van der Waals surface area contributed by atoms with Crippen LogP contribution in [0.15, 0.2) is 16.5 Å². The van der Waals surface area contributed by atoms with E-state index in [9.17, 15) is 5.11 Å². The van der Waals surface area contributed by atoms with Crippen LogP contribution in [0.5, 0.6) is 0 Å². The van der Waals surface area contributed by atoms with Gasteiger partial charge in [-0.25, -0.2) is 0 Å². The van der Waals surface area contributed by atoms with Crippen molar-refractivity contribution in [1.29, 1.82) is 0 Å². The van der Waals surface area contributed by atoms with Crippen molar-refractivity contribution >= 4 is 0 Å². The van der Waals surface area contributed by atoms with Crippen LogP contribution in [0, 0.1) is 5.92 Å². The van der Waals surface area contributed by atoms with Gasteiger partial charge in [0.05, 0.1) is 12.6 Å². The van der Waals surface area contributed by atoms with Gasteiger partial charge in [-0.15, -0.1) is 0 Å². The summed E-state index contributed by atoms with van der Waals surface area (Å²) in [6, 6.07) is 4.13. The lowest BCUT2D eigenvalue weighted by atomic mass is 10.2. The summed E-state index contributed by atoms with van der Waals surface area (Å²) in [4.78, 5) is 0. The fourth-order valence-corrected chi connectivity index (χ4v) is 2.20. The molecule has 1 saturated carbocycles. The molecule has 0 aromatic carbocycles. The van der Waals surface area contributed by atoms with Crippen molar-refractivity contribution in [2.45, 2.75) is 51.7 Å². The van der Waals surface area contributed by atoms with Gasteiger partial charge >= 0.3 is 0 Å². The molecular formula is C14H23NO2. The maximum Gasteiger partial charge on any atom is 0.117 e. The van der Waals surface area contributed by atoms with Crippen molar-refractivity contribution in [2.24, 2.45) is 5.92 Å². The van der Waals surface area contributed by atoms with Gasteiger partial charge in [0.25, 0.3) is 0 Å². The lowest BCUT2D eigenvalue weighted by Crippen LogP contribution is -2.25. The summed E-state index contributed by atoms with van der Waals surface area (Å²) >= 11 is 0. The summed E-state index contributed by atoms with van der Waals surface area (Å²) < 4.78 is 5.78. The molecule has 1 aromatic heterocycles. The Morgan fingerprint density at radius 2 is 2.29 bits per heavy atom. The van der Waals surface area contributed by atoms with Gasteiger partial charge in [0, 0.05) is 12.5 Å². The highest BCUT2D eigenvalue weighted by molar-refractivity contribution is 5.17. The van der Waals surface area contributed by atoms with E-state index >= 15 is 0 Å². The number of hydrogen-bond acceptors (Lipinski definition) is 3. The average Bonchev–Trinajstić information content (AvgIpc) is 2.84. The summed E-state index contributed by atoms with van der Waals surface area (Å²) in [5, 5.41) is 12.8. The number of aliphatic hydroxyl groups excluding tert-OH is 1. The lowest BCUT2D eigenvalue weighted by molar-refractivity contribution is 0.159. The van der Waals surface area contributed by atoms with Gasteiger partial charge in [-0.05, 0) is 30.9 Å². The van der Waals surface area contributed by atoms with Crippen molar-refractivity contribution in [3.05, 3.63) is 23.7 Å². The second-order valence-corrected chi connectivity index (χ2v) is 5.20. The Morgan fingerprint density at radius 1 is 1.53 bits per heavy atom. The summed E-state index contributed by atoms with van der Waals surface area (Å²) in [5.41, 5.74) is 0. The van der Waals surface area contributed by atoms with Crippen molar-refractivity contribution in [2.75, 3.05) is 6.54 Å². The normalized spacial score (nSPS) is 24.9. The number of aliphatic hydroxyl groups is 1. The third-order valence-corrected chi connectivity index (χ3v) is 3.46. The zero-order chi connectivity index (χ0) is 12.3. The van der Waals surface area contributed by atoms with Gasteiger partial charge in [-0.1, -0.05) is 20.3 Å². The third kappa shape index (κ3) is 3.58. The topological polar surface area (TPSA) is 45.4 Å². The molecular weight excluding hydrogens is 214 g/mol. The van der Waals surface area contributed by atoms with E-state index < -0.39 is 0 Å². The van der Waals surface area contributed by atoms with Crippen molar-refractivity contribution in [3.63, 3.8) is 0 Å². The fraction of sp³-hybridized carbons (Fsp3) is 0.714. The van der Waals surface area contributed by atoms with Crippen LogP contribution in [-0.4, -0.2) is 17.8 Å². The smallest absolute Gasteiger partial charge is 0.117 e. The molecule has 0 amide bonds. The Morgan fingerprint density at radius 3 is 2.94 bits per heavy atom. The quantitative estimate of drug-likeness (QED) is 0.766. The highest BCUT2D eigenvalue weighted by atomic mass is 16.3. The molecule has 0 radical (unpaired) electrons. The summed E-state index contributed by atoms with van der Waals surface area (Å²) in [7, 11) is 0. The summed E-state index contributed by atoms with van der Waals surface area (Å²) in [5.74, 6) is 3.54. The van der Waals surface area contributed by atoms with Gasteiger partial charge < -0.3 is 14.8 Å². The molecule has 1 fully saturated rings. The van der Waals surface area contributed by atoms with Gasteiger partial charge in [0.1, 0.15) is 11.5 Å². The zero-order valence-electron chi connectivity index (χ0n) is 10.8. The van der Waals surface area contributed by atoms with Gasteiger partial charge in [0.2, 0.25) is 0 Å². The van der Waals surface area contributed by atoms with E-state index in [2.05, 4.69) is 25.2 Å². The minimum absolute atomic E-state index is 0.238. The van der Waals surface area contributed by atoms with E-state index in [-0.39, 0.29) is 6.10 Å². The Bertz CT molecular complexity index is 348. The molecule has 1 aromatic rings. The first-order chi connectivity index (χ1) is 8.20. The molecule has 2 rings (SSSR count). The molecule has 2 N–H and O–H groups in total. The van der Waals surface area contributed by atoms with Crippen molar-refractivity contribution in [3.8, 4) is 0 Å². The van der Waals surface area contributed by atoms with Crippen LogP contribution in [0.25, 0.3) is 0 Å². The Kier molecular flexibility index (Phi) is 4.24. The van der Waals surface area contributed by atoms with Crippen LogP contribution in [0.2, 0.25) is 0 Å². The molecule has 96 valence electrons. The minimum Gasteiger partial charge on any atom is -0.464 e. The van der Waals surface area contributed by atoms with Crippen molar-refractivity contribution < 1.29 is 9.52 Å². The molecule has 0 saturated heterocycles. The Balaban J connectivity index is 1.70. The molecule has 3 heteroatoms. The SMILES string of the molecule is CCCC(O)CNCc1ccc(C2CC2C)o1. The predicted octanol–water partition coefficient (Wildman–Crippen LogP) is 2.65. The number of hydrogen-bond donors (Lipinski definition) is 2. The van der Waals surface area contributed by atoms with Gasteiger partial charge in [0.15, 0.2) is 0 Å². The monoisotopic (exact) mass is 237 g/mol. The van der Waals surface area contributed by atoms with E-state index in [0.717, 1.165) is 30.3 Å². The Labute approximate surface area is 103 Å². The molecule has 0 spiro atoms. The molecule has 1 aliphatic carbocycles. The molecule has 1 heterocycles. The van der Waals surface area contributed by atoms with Crippen LogP contribution >= 0.6 is 0 Å². The highest BCUT2D eigenvalue weighted by Crippen LogP contribution is 2.47. The molecule has 3 nitrogen and oxygen atoms in total. The van der Waals surface area contributed by atoms with Crippen LogP contribution in [-0.2, 0) is 6.54 Å². The third-order valence-electron chi connectivity index (χ3n) is 3.46. The fourth-order valence-electron chi connectivity index (χ4n) is 2.20. The molecule has 0 bridgehead atoms. The van der Waals surface area contributed by atoms with Gasteiger partial charge in [-0.2, -0.15) is 0 Å². The maximum atomic E-state index is 9.57. The van der Waals surface area contributed by atoms with Crippen LogP contribution in [0.1, 0.15) is 50.5 Å². The van der Waals surface area contributed by atoms with E-state index in [4.69, 9.17) is 4.42 Å². The first-order valence-electron chi connectivity index (χ1n) is 6.68. The van der Waals surface area contributed by atoms with E-state index in [0.29, 0.717) is 19.0 Å². The van der Waals surface area contributed by atoms with Crippen molar-refractivity contribution in [1.82, 2.24) is 5.32 Å². The second-order valence-electron chi connectivity index (χ2n) is 5.20. The Hall–Kier alpha value is -0.800. The lowest BCUT2D eigenvalue weighted by Gasteiger charge is -2.09. The molecule has 3 unspecified atom stereocenters. The minimum atomic E-state index is -0.238. The van der Waals surface area contributed by atoms with Crippen LogP contribution < -0.4 is 5.32 Å². The highest BCUT2D eigenvalue weighted by Gasteiger charge is 2.36. The summed E-state index contributed by atoms with van der Waals surface area (Å²) in [6.07, 6.45) is 2.90. The zero-order valence-corrected chi connectivity index (χ0v) is 10.8. The number of nitrogens with one attached hydrogen (secondary N) is 1. The standard InChI is InChI=1S/C14H23NO2/c1-3-4-11(16)8-15-9-12-5-6-14(17-12)13-7-10(13)2/h5-6,10-11,13,15-16H,3-4,7-9H2,1-2H3. The molecule has 3 atom stereocenters. The first kappa shape index (κ1) is 12.7. The molecule has 17 heavy (non-hydrogen) atoms. The van der Waals surface area contributed by atoms with E-state index in [1.807, 2.05) is 6.07 Å². The van der Waals surface area contributed by atoms with Crippen LogP contribution in [0.3, 0.4) is 0 Å². The molecule has 0 aliphatic heterocycles. The average molecular weight is 237 g/mol. The van der Waals surface area contributed by atoms with Crippen LogP contribution in [0.4, 0.5) is 0 Å². The maximum absolute atomic E-state index is 9.57. The number of rotatable bonds is 7. The van der Waals surface area contributed by atoms with E-state index in [1.165, 1.54) is 6.42 Å². The predicted molar refractivity (Wildman–Crippen MR) is 67.9 cm³/mol.